The highest BCUT2D eigenvalue weighted by Crippen LogP contribution is 2.32. The van der Waals surface area contributed by atoms with Crippen LogP contribution < -0.4 is 0 Å². The van der Waals surface area contributed by atoms with Gasteiger partial charge >= 0.3 is 11.9 Å². The van der Waals surface area contributed by atoms with Gasteiger partial charge in [0.05, 0.1) is 11.1 Å². The minimum absolute atomic E-state index is 0.00642. The summed E-state index contributed by atoms with van der Waals surface area (Å²) in [4.78, 5) is 23.6. The average molecular weight is 461 g/mol. The molecule has 33 heavy (non-hydrogen) atoms. The summed E-state index contributed by atoms with van der Waals surface area (Å²) in [5.41, 5.74) is 0.621. The Morgan fingerprint density at radius 3 is 1.45 bits per heavy atom. The van der Waals surface area contributed by atoms with Crippen molar-refractivity contribution in [2.75, 3.05) is 0 Å². The molecule has 1 rings (SSSR count). The fraction of sp³-hybridized carbons (Fsp3) is 0.724. The molecule has 0 amide bonds. The van der Waals surface area contributed by atoms with Crippen LogP contribution in [0.2, 0.25) is 0 Å². The van der Waals surface area contributed by atoms with E-state index in [9.17, 15) is 19.8 Å². The summed E-state index contributed by atoms with van der Waals surface area (Å²) in [6, 6.07) is 4.96. The lowest BCUT2D eigenvalue weighted by atomic mass is 9.84. The lowest BCUT2D eigenvalue weighted by Gasteiger charge is -2.20. The van der Waals surface area contributed by atoms with Crippen molar-refractivity contribution < 1.29 is 19.8 Å². The molecule has 188 valence electrons. The number of carbonyl (C=O) groups is 2. The fourth-order valence-electron chi connectivity index (χ4n) is 4.83. The molecule has 1 unspecified atom stereocenters. The van der Waals surface area contributed by atoms with Crippen molar-refractivity contribution in [2.45, 2.75) is 135 Å². The monoisotopic (exact) mass is 460 g/mol. The van der Waals surface area contributed by atoms with Gasteiger partial charge in [-0.05, 0) is 30.4 Å². The Morgan fingerprint density at radius 1 is 0.636 bits per heavy atom. The lowest BCUT2D eigenvalue weighted by Crippen LogP contribution is -2.14. The molecule has 0 aliphatic heterocycles. The van der Waals surface area contributed by atoms with Crippen LogP contribution in [0.3, 0.4) is 0 Å². The molecular weight excluding hydrogens is 412 g/mol. The molecule has 1 aromatic rings. The highest BCUT2D eigenvalue weighted by atomic mass is 16.4. The number of carboxylic acids is 2. The van der Waals surface area contributed by atoms with Crippen molar-refractivity contribution in [1.29, 1.82) is 0 Å². The first-order valence-electron chi connectivity index (χ1n) is 13.6. The van der Waals surface area contributed by atoms with Crippen LogP contribution in [-0.4, -0.2) is 22.2 Å². The largest absolute Gasteiger partial charge is 0.478 e. The standard InChI is InChI=1S/C29H48O4/c1-3-5-7-9-11-12-13-14-16-18-21-24(20-17-15-10-8-6-4-2)25-22-19-23-26(28(30)31)27(25)29(32)33/h19,22-24H,3-18,20-21H2,1-2H3,(H,30,31)(H,32,33). The zero-order chi connectivity index (χ0) is 24.3. The number of rotatable bonds is 21. The zero-order valence-electron chi connectivity index (χ0n) is 21.2. The predicted octanol–water partition coefficient (Wildman–Crippen LogP) is 9.23. The van der Waals surface area contributed by atoms with Gasteiger partial charge in [0.1, 0.15) is 0 Å². The Balaban J connectivity index is 2.65. The molecule has 1 aromatic carbocycles. The maximum Gasteiger partial charge on any atom is 0.336 e. The van der Waals surface area contributed by atoms with Gasteiger partial charge in [0.25, 0.3) is 0 Å². The molecule has 4 heteroatoms. The van der Waals surface area contributed by atoms with Gasteiger partial charge in [-0.2, -0.15) is 0 Å². The van der Waals surface area contributed by atoms with Crippen LogP contribution in [0.5, 0.6) is 0 Å². The molecule has 0 saturated heterocycles. The minimum Gasteiger partial charge on any atom is -0.478 e. The van der Waals surface area contributed by atoms with E-state index in [1.165, 1.54) is 89.5 Å². The molecule has 0 spiro atoms. The van der Waals surface area contributed by atoms with Crippen molar-refractivity contribution in [2.24, 2.45) is 0 Å². The summed E-state index contributed by atoms with van der Waals surface area (Å²) in [6.45, 7) is 4.46. The Morgan fingerprint density at radius 2 is 1.06 bits per heavy atom. The van der Waals surface area contributed by atoms with Gasteiger partial charge in [-0.15, -0.1) is 0 Å². The number of unbranched alkanes of at least 4 members (excludes halogenated alkanes) is 14. The Labute approximate surface area is 202 Å². The van der Waals surface area contributed by atoms with E-state index in [2.05, 4.69) is 13.8 Å². The molecule has 0 bridgehead atoms. The molecule has 2 N–H and O–H groups in total. The maximum absolute atomic E-state index is 12.0. The summed E-state index contributed by atoms with van der Waals surface area (Å²) in [5.74, 6) is -2.17. The van der Waals surface area contributed by atoms with Crippen LogP contribution in [0.4, 0.5) is 0 Å². The number of carboxylic acid groups (broad SMARTS) is 2. The minimum atomic E-state index is -1.16. The van der Waals surface area contributed by atoms with Crippen molar-refractivity contribution in [3.8, 4) is 0 Å². The molecule has 0 heterocycles. The van der Waals surface area contributed by atoms with E-state index < -0.39 is 11.9 Å². The predicted molar refractivity (Wildman–Crippen MR) is 138 cm³/mol. The first-order chi connectivity index (χ1) is 16.0. The van der Waals surface area contributed by atoms with Crippen molar-refractivity contribution >= 4 is 11.9 Å². The topological polar surface area (TPSA) is 74.6 Å². The van der Waals surface area contributed by atoms with Gasteiger partial charge in [-0.1, -0.05) is 129 Å². The third-order valence-corrected chi connectivity index (χ3v) is 6.79. The summed E-state index contributed by atoms with van der Waals surface area (Å²) >= 11 is 0. The van der Waals surface area contributed by atoms with Gasteiger partial charge in [-0.3, -0.25) is 0 Å². The fourth-order valence-corrected chi connectivity index (χ4v) is 4.83. The van der Waals surface area contributed by atoms with Gasteiger partial charge in [0.2, 0.25) is 0 Å². The van der Waals surface area contributed by atoms with Crippen LogP contribution in [0.25, 0.3) is 0 Å². The summed E-state index contributed by atoms with van der Waals surface area (Å²) in [6.07, 6.45) is 21.9. The maximum atomic E-state index is 12.0. The van der Waals surface area contributed by atoms with E-state index in [0.717, 1.165) is 32.1 Å². The number of hydrogen-bond donors (Lipinski definition) is 2. The van der Waals surface area contributed by atoms with E-state index in [0.29, 0.717) is 5.56 Å². The summed E-state index contributed by atoms with van der Waals surface area (Å²) < 4.78 is 0. The Kier molecular flexibility index (Phi) is 16.4. The number of hydrogen-bond acceptors (Lipinski definition) is 2. The smallest absolute Gasteiger partial charge is 0.336 e. The van der Waals surface area contributed by atoms with Crippen molar-refractivity contribution in [3.63, 3.8) is 0 Å². The van der Waals surface area contributed by atoms with Crippen LogP contribution in [0.15, 0.2) is 18.2 Å². The van der Waals surface area contributed by atoms with Gasteiger partial charge in [0, 0.05) is 0 Å². The van der Waals surface area contributed by atoms with Crippen molar-refractivity contribution in [3.05, 3.63) is 34.9 Å². The highest BCUT2D eigenvalue weighted by Gasteiger charge is 2.24. The van der Waals surface area contributed by atoms with Gasteiger partial charge in [-0.25, -0.2) is 9.59 Å². The van der Waals surface area contributed by atoms with Crippen molar-refractivity contribution in [1.82, 2.24) is 0 Å². The number of benzene rings is 1. The van der Waals surface area contributed by atoms with Crippen LogP contribution in [0.1, 0.15) is 162 Å². The van der Waals surface area contributed by atoms with Crippen LogP contribution in [-0.2, 0) is 0 Å². The molecule has 4 nitrogen and oxygen atoms in total. The highest BCUT2D eigenvalue weighted by molar-refractivity contribution is 6.02. The first-order valence-corrected chi connectivity index (χ1v) is 13.6. The van der Waals surface area contributed by atoms with E-state index in [1.54, 1.807) is 6.07 Å². The first kappa shape index (κ1) is 29.2. The van der Waals surface area contributed by atoms with E-state index in [4.69, 9.17) is 0 Å². The summed E-state index contributed by atoms with van der Waals surface area (Å²) in [5, 5.41) is 19.3. The molecule has 0 saturated carbocycles. The zero-order valence-corrected chi connectivity index (χ0v) is 21.2. The van der Waals surface area contributed by atoms with Gasteiger partial charge < -0.3 is 10.2 Å². The normalized spacial score (nSPS) is 12.1. The average Bonchev–Trinajstić information content (AvgIpc) is 2.80. The molecule has 0 aromatic heterocycles. The van der Waals surface area contributed by atoms with E-state index in [-0.39, 0.29) is 17.0 Å². The molecule has 0 radical (unpaired) electrons. The quantitative estimate of drug-likeness (QED) is 0.179. The molecule has 0 aliphatic rings. The third-order valence-electron chi connectivity index (χ3n) is 6.79. The Hall–Kier alpha value is -1.84. The lowest BCUT2D eigenvalue weighted by molar-refractivity contribution is 0.0650. The van der Waals surface area contributed by atoms with E-state index in [1.807, 2.05) is 6.07 Å². The van der Waals surface area contributed by atoms with E-state index >= 15 is 0 Å². The SMILES string of the molecule is CCCCCCCCCCCCC(CCCCCCCC)c1cccc(C(=O)O)c1C(=O)O. The molecule has 1 atom stereocenters. The molecular formula is C29H48O4. The second-order valence-corrected chi connectivity index (χ2v) is 9.60. The second-order valence-electron chi connectivity index (χ2n) is 9.60. The Bertz CT molecular complexity index is 668. The number of aromatic carboxylic acids is 2. The van der Waals surface area contributed by atoms with Crippen LogP contribution in [0, 0.1) is 0 Å². The van der Waals surface area contributed by atoms with Gasteiger partial charge in [0.15, 0.2) is 0 Å². The second kappa shape index (κ2) is 18.6. The molecule has 0 fully saturated rings. The third kappa shape index (κ3) is 12.3. The van der Waals surface area contributed by atoms with Crippen LogP contribution >= 0.6 is 0 Å². The molecule has 0 aliphatic carbocycles. The summed E-state index contributed by atoms with van der Waals surface area (Å²) in [7, 11) is 0.